The number of amides is 1. The molecular formula is C17H19NO4S. The molecule has 2 rings (SSSR count). The number of carbonyl (C=O) groups is 2. The Labute approximate surface area is 140 Å². The molecule has 0 heterocycles. The number of rotatable bonds is 7. The Morgan fingerprint density at radius 3 is 2.65 bits per heavy atom. The van der Waals surface area contributed by atoms with Crippen molar-refractivity contribution in [3.05, 3.63) is 42.0 Å². The Bertz CT molecular complexity index is 717. The quantitative estimate of drug-likeness (QED) is 0.681. The van der Waals surface area contributed by atoms with Gasteiger partial charge in [0.2, 0.25) is 0 Å². The van der Waals surface area contributed by atoms with Crippen LogP contribution in [-0.2, 0) is 4.79 Å². The molecule has 2 N–H and O–H groups in total. The maximum absolute atomic E-state index is 12.6. The first-order valence-corrected chi connectivity index (χ1v) is 8.00. The molecule has 0 fully saturated rings. The van der Waals surface area contributed by atoms with Gasteiger partial charge in [-0.1, -0.05) is 37.3 Å². The first kappa shape index (κ1) is 17.1. The van der Waals surface area contributed by atoms with Crippen LogP contribution in [0.1, 0.15) is 23.7 Å². The number of nitrogens with one attached hydrogen (secondary N) is 1. The average molecular weight is 333 g/mol. The van der Waals surface area contributed by atoms with Crippen LogP contribution in [0.4, 0.5) is 0 Å². The van der Waals surface area contributed by atoms with Gasteiger partial charge < -0.3 is 15.2 Å². The number of fused-ring (bicyclic) bond motifs is 1. The number of carbonyl (C=O) groups excluding carboxylic acids is 1. The lowest BCUT2D eigenvalue weighted by Crippen LogP contribution is -2.42. The molecule has 2 aromatic rings. The number of thiol groups is 1. The maximum Gasteiger partial charge on any atom is 0.327 e. The molecule has 0 aliphatic heterocycles. The second-order valence-electron chi connectivity index (χ2n) is 5.06. The highest BCUT2D eigenvalue weighted by molar-refractivity contribution is 7.80. The van der Waals surface area contributed by atoms with Crippen LogP contribution < -0.4 is 10.1 Å². The van der Waals surface area contributed by atoms with Gasteiger partial charge in [-0.25, -0.2) is 4.79 Å². The zero-order valence-corrected chi connectivity index (χ0v) is 13.7. The Kier molecular flexibility index (Phi) is 5.87. The van der Waals surface area contributed by atoms with Crippen molar-refractivity contribution in [3.8, 4) is 5.75 Å². The molecule has 0 aliphatic carbocycles. The summed E-state index contributed by atoms with van der Waals surface area (Å²) in [7, 11) is 0. The lowest BCUT2D eigenvalue weighted by atomic mass is 10.0. The normalized spacial score (nSPS) is 11.9. The highest BCUT2D eigenvalue weighted by Gasteiger charge is 2.23. The van der Waals surface area contributed by atoms with Crippen molar-refractivity contribution in [2.24, 2.45) is 0 Å². The molecule has 0 radical (unpaired) electrons. The first-order chi connectivity index (χ1) is 11.1. The Hall–Kier alpha value is -2.21. The standard InChI is InChI=1S/C17H19NO4S/c1-2-9-22-14-8-7-11-5-3-4-6-12(11)15(14)16(19)18-13(10-23)17(20)21/h3-8,13,23H,2,9-10H2,1H3,(H,18,19)(H,20,21)/t13-/m0/s1. The number of carboxylic acid groups (broad SMARTS) is 1. The van der Waals surface area contributed by atoms with Gasteiger partial charge in [-0.05, 0) is 23.3 Å². The summed E-state index contributed by atoms with van der Waals surface area (Å²) in [4.78, 5) is 23.8. The van der Waals surface area contributed by atoms with E-state index in [1.807, 2.05) is 37.3 Å². The summed E-state index contributed by atoms with van der Waals surface area (Å²) in [5, 5.41) is 13.2. The summed E-state index contributed by atoms with van der Waals surface area (Å²) >= 11 is 3.97. The molecule has 0 aromatic heterocycles. The Morgan fingerprint density at radius 2 is 2.00 bits per heavy atom. The fourth-order valence-corrected chi connectivity index (χ4v) is 2.48. The summed E-state index contributed by atoms with van der Waals surface area (Å²) in [6.45, 7) is 2.45. The van der Waals surface area contributed by atoms with Gasteiger partial charge in [-0.2, -0.15) is 12.6 Å². The van der Waals surface area contributed by atoms with Crippen LogP contribution in [0.3, 0.4) is 0 Å². The van der Waals surface area contributed by atoms with Gasteiger partial charge in [0.05, 0.1) is 12.2 Å². The molecular weight excluding hydrogens is 314 g/mol. The molecule has 6 heteroatoms. The highest BCUT2D eigenvalue weighted by Crippen LogP contribution is 2.28. The van der Waals surface area contributed by atoms with Gasteiger partial charge in [0.1, 0.15) is 11.8 Å². The summed E-state index contributed by atoms with van der Waals surface area (Å²) in [5.41, 5.74) is 0.351. The van der Waals surface area contributed by atoms with E-state index in [1.165, 1.54) is 0 Å². The van der Waals surface area contributed by atoms with Crippen molar-refractivity contribution in [2.75, 3.05) is 12.4 Å². The van der Waals surface area contributed by atoms with Crippen LogP contribution in [-0.4, -0.2) is 35.4 Å². The van der Waals surface area contributed by atoms with Crippen LogP contribution in [0.15, 0.2) is 36.4 Å². The zero-order valence-electron chi connectivity index (χ0n) is 12.8. The van der Waals surface area contributed by atoms with Gasteiger partial charge in [0, 0.05) is 5.75 Å². The number of hydrogen-bond acceptors (Lipinski definition) is 4. The van der Waals surface area contributed by atoms with Gasteiger partial charge in [0.15, 0.2) is 0 Å². The zero-order chi connectivity index (χ0) is 16.8. The predicted octanol–water partition coefficient (Wildman–Crippen LogP) is 2.74. The van der Waals surface area contributed by atoms with Crippen molar-refractivity contribution in [3.63, 3.8) is 0 Å². The summed E-state index contributed by atoms with van der Waals surface area (Å²) < 4.78 is 5.66. The minimum atomic E-state index is -1.12. The molecule has 1 amide bonds. The van der Waals surface area contributed by atoms with E-state index in [-0.39, 0.29) is 5.75 Å². The average Bonchev–Trinajstić information content (AvgIpc) is 2.56. The molecule has 0 saturated heterocycles. The fourth-order valence-electron chi connectivity index (χ4n) is 2.23. The van der Waals surface area contributed by atoms with Crippen LogP contribution >= 0.6 is 12.6 Å². The Morgan fingerprint density at radius 1 is 1.26 bits per heavy atom. The molecule has 0 aliphatic rings. The van der Waals surface area contributed by atoms with E-state index >= 15 is 0 Å². The maximum atomic E-state index is 12.6. The largest absolute Gasteiger partial charge is 0.493 e. The number of benzene rings is 2. The first-order valence-electron chi connectivity index (χ1n) is 7.37. The lowest BCUT2D eigenvalue weighted by Gasteiger charge is -2.16. The summed E-state index contributed by atoms with van der Waals surface area (Å²) in [6.07, 6.45) is 0.808. The fraction of sp³-hybridized carbons (Fsp3) is 0.294. The molecule has 23 heavy (non-hydrogen) atoms. The SMILES string of the molecule is CCCOc1ccc2ccccc2c1C(=O)N[C@@H](CS)C(=O)O. The van der Waals surface area contributed by atoms with E-state index in [4.69, 9.17) is 9.84 Å². The smallest absolute Gasteiger partial charge is 0.327 e. The lowest BCUT2D eigenvalue weighted by molar-refractivity contribution is -0.138. The van der Waals surface area contributed by atoms with Crippen molar-refractivity contribution < 1.29 is 19.4 Å². The molecule has 5 nitrogen and oxygen atoms in total. The van der Waals surface area contributed by atoms with Crippen molar-refractivity contribution in [1.82, 2.24) is 5.32 Å². The molecule has 0 spiro atoms. The monoisotopic (exact) mass is 333 g/mol. The number of aliphatic carboxylic acids is 1. The van der Waals surface area contributed by atoms with Crippen molar-refractivity contribution >= 4 is 35.3 Å². The van der Waals surface area contributed by atoms with Crippen molar-refractivity contribution in [2.45, 2.75) is 19.4 Å². The van der Waals surface area contributed by atoms with E-state index in [1.54, 1.807) is 6.07 Å². The van der Waals surface area contributed by atoms with E-state index in [0.29, 0.717) is 17.9 Å². The molecule has 0 bridgehead atoms. The summed E-state index contributed by atoms with van der Waals surface area (Å²) in [5.74, 6) is -1.14. The number of ether oxygens (including phenoxy) is 1. The van der Waals surface area contributed by atoms with Crippen LogP contribution in [0.5, 0.6) is 5.75 Å². The van der Waals surface area contributed by atoms with E-state index in [2.05, 4.69) is 17.9 Å². The van der Waals surface area contributed by atoms with E-state index in [9.17, 15) is 9.59 Å². The molecule has 0 unspecified atom stereocenters. The minimum absolute atomic E-state index is 0.0109. The third-order valence-corrected chi connectivity index (χ3v) is 3.73. The van der Waals surface area contributed by atoms with Crippen LogP contribution in [0, 0.1) is 0 Å². The van der Waals surface area contributed by atoms with E-state index in [0.717, 1.165) is 17.2 Å². The van der Waals surface area contributed by atoms with Crippen LogP contribution in [0.25, 0.3) is 10.8 Å². The topological polar surface area (TPSA) is 75.6 Å². The van der Waals surface area contributed by atoms with E-state index < -0.39 is 17.9 Å². The second-order valence-corrected chi connectivity index (χ2v) is 5.42. The third-order valence-electron chi connectivity index (χ3n) is 3.37. The van der Waals surface area contributed by atoms with Gasteiger partial charge >= 0.3 is 5.97 Å². The van der Waals surface area contributed by atoms with Gasteiger partial charge in [-0.15, -0.1) is 0 Å². The second kappa shape index (κ2) is 7.87. The van der Waals surface area contributed by atoms with Gasteiger partial charge in [-0.3, -0.25) is 4.79 Å². The van der Waals surface area contributed by atoms with Crippen LogP contribution in [0.2, 0.25) is 0 Å². The minimum Gasteiger partial charge on any atom is -0.493 e. The highest BCUT2D eigenvalue weighted by atomic mass is 32.1. The molecule has 0 saturated carbocycles. The molecule has 122 valence electrons. The van der Waals surface area contributed by atoms with Gasteiger partial charge in [0.25, 0.3) is 5.91 Å². The Balaban J connectivity index is 2.46. The molecule has 1 atom stereocenters. The van der Waals surface area contributed by atoms with Crippen molar-refractivity contribution in [1.29, 1.82) is 0 Å². The third kappa shape index (κ3) is 3.96. The number of hydrogen-bond donors (Lipinski definition) is 3. The molecule has 2 aromatic carbocycles. The number of carboxylic acids is 1. The predicted molar refractivity (Wildman–Crippen MR) is 92.5 cm³/mol. The summed E-state index contributed by atoms with van der Waals surface area (Å²) in [6, 6.07) is 9.99.